The van der Waals surface area contributed by atoms with Gasteiger partial charge in [-0.25, -0.2) is 12.8 Å². The third-order valence-corrected chi connectivity index (χ3v) is 2.82. The molecule has 1 rings (SSSR count). The van der Waals surface area contributed by atoms with E-state index in [1.165, 1.54) is 7.05 Å². The lowest BCUT2D eigenvalue weighted by Crippen LogP contribution is -2.32. The van der Waals surface area contributed by atoms with E-state index in [0.717, 1.165) is 29.4 Å². The standard InChI is InChI=1S/C11H13FN2O5S/c1-14(6-10(15)16)11(17)7-3-4-8(12)9(5-7)13-20(2,18)19/h3-5,13H,6H2,1-2H3,(H,15,16). The molecule has 0 unspecified atom stereocenters. The van der Waals surface area contributed by atoms with Crippen molar-refractivity contribution in [3.63, 3.8) is 0 Å². The summed E-state index contributed by atoms with van der Waals surface area (Å²) in [6.45, 7) is -0.523. The third-order valence-electron chi connectivity index (χ3n) is 2.23. The van der Waals surface area contributed by atoms with Gasteiger partial charge in [-0.3, -0.25) is 14.3 Å². The van der Waals surface area contributed by atoms with Crippen LogP contribution in [0.1, 0.15) is 10.4 Å². The van der Waals surface area contributed by atoms with Crippen LogP contribution in [0.5, 0.6) is 0 Å². The van der Waals surface area contributed by atoms with Gasteiger partial charge in [0.25, 0.3) is 5.91 Å². The van der Waals surface area contributed by atoms with E-state index in [1.54, 1.807) is 0 Å². The molecule has 7 nitrogen and oxygen atoms in total. The van der Waals surface area contributed by atoms with Crippen molar-refractivity contribution < 1.29 is 27.5 Å². The van der Waals surface area contributed by atoms with Gasteiger partial charge in [-0.2, -0.15) is 0 Å². The molecule has 0 aliphatic rings. The van der Waals surface area contributed by atoms with E-state index in [9.17, 15) is 22.4 Å². The molecule has 0 aliphatic carbocycles. The van der Waals surface area contributed by atoms with Crippen molar-refractivity contribution in [2.75, 3.05) is 24.6 Å². The Morgan fingerprint density at radius 1 is 1.40 bits per heavy atom. The number of hydrogen-bond acceptors (Lipinski definition) is 4. The second-order valence-corrected chi connectivity index (χ2v) is 5.87. The van der Waals surface area contributed by atoms with Crippen LogP contribution in [0.2, 0.25) is 0 Å². The molecular weight excluding hydrogens is 291 g/mol. The van der Waals surface area contributed by atoms with Gasteiger partial charge in [-0.15, -0.1) is 0 Å². The van der Waals surface area contributed by atoms with Gasteiger partial charge in [-0.05, 0) is 18.2 Å². The molecule has 0 heterocycles. The molecule has 1 aromatic rings. The summed E-state index contributed by atoms with van der Waals surface area (Å²) in [7, 11) is -2.42. The van der Waals surface area contributed by atoms with Crippen LogP contribution in [0.15, 0.2) is 18.2 Å². The lowest BCUT2D eigenvalue weighted by molar-refractivity contribution is -0.137. The Bertz CT molecular complexity index is 644. The van der Waals surface area contributed by atoms with E-state index in [2.05, 4.69) is 0 Å². The lowest BCUT2D eigenvalue weighted by Gasteiger charge is -2.15. The Hall–Kier alpha value is -2.16. The number of rotatable bonds is 5. The van der Waals surface area contributed by atoms with Gasteiger partial charge >= 0.3 is 5.97 Å². The van der Waals surface area contributed by atoms with E-state index in [4.69, 9.17) is 5.11 Å². The van der Waals surface area contributed by atoms with Gasteiger partial charge < -0.3 is 10.0 Å². The topological polar surface area (TPSA) is 104 Å². The highest BCUT2D eigenvalue weighted by molar-refractivity contribution is 7.92. The van der Waals surface area contributed by atoms with Gasteiger partial charge in [0.2, 0.25) is 10.0 Å². The first-order valence-electron chi connectivity index (χ1n) is 5.35. The summed E-state index contributed by atoms with van der Waals surface area (Å²) < 4.78 is 37.5. The molecule has 0 spiro atoms. The number of carbonyl (C=O) groups is 2. The fraction of sp³-hybridized carbons (Fsp3) is 0.273. The summed E-state index contributed by atoms with van der Waals surface area (Å²) >= 11 is 0. The number of benzene rings is 1. The number of carboxylic acids is 1. The van der Waals surface area contributed by atoms with Crippen molar-refractivity contribution in [3.05, 3.63) is 29.6 Å². The number of halogens is 1. The molecule has 110 valence electrons. The van der Waals surface area contributed by atoms with E-state index < -0.39 is 34.3 Å². The highest BCUT2D eigenvalue weighted by Crippen LogP contribution is 2.18. The van der Waals surface area contributed by atoms with Crippen LogP contribution in [0.4, 0.5) is 10.1 Å². The summed E-state index contributed by atoms with van der Waals surface area (Å²) in [4.78, 5) is 23.3. The first kappa shape index (κ1) is 15.9. The molecule has 9 heteroatoms. The molecule has 1 aromatic carbocycles. The second-order valence-electron chi connectivity index (χ2n) is 4.12. The minimum Gasteiger partial charge on any atom is -0.480 e. The van der Waals surface area contributed by atoms with Gasteiger partial charge in [0.05, 0.1) is 11.9 Å². The molecule has 20 heavy (non-hydrogen) atoms. The monoisotopic (exact) mass is 304 g/mol. The molecule has 1 amide bonds. The maximum Gasteiger partial charge on any atom is 0.323 e. The maximum absolute atomic E-state index is 13.4. The van der Waals surface area contributed by atoms with E-state index >= 15 is 0 Å². The highest BCUT2D eigenvalue weighted by Gasteiger charge is 2.17. The quantitative estimate of drug-likeness (QED) is 0.817. The minimum atomic E-state index is -3.69. The number of carbonyl (C=O) groups excluding carboxylic acids is 1. The predicted molar refractivity (Wildman–Crippen MR) is 69.5 cm³/mol. The van der Waals surface area contributed by atoms with Crippen LogP contribution in [-0.2, 0) is 14.8 Å². The number of amides is 1. The molecule has 0 saturated heterocycles. The Balaban J connectivity index is 3.06. The molecule has 0 atom stereocenters. The Labute approximate surface area is 115 Å². The number of anilines is 1. The van der Waals surface area contributed by atoms with Crippen molar-refractivity contribution in [2.24, 2.45) is 0 Å². The van der Waals surface area contributed by atoms with E-state index in [-0.39, 0.29) is 11.3 Å². The summed E-state index contributed by atoms with van der Waals surface area (Å²) in [5.41, 5.74) is -0.400. The number of nitrogens with zero attached hydrogens (tertiary/aromatic N) is 1. The van der Waals surface area contributed by atoms with Crippen LogP contribution in [-0.4, -0.2) is 50.1 Å². The summed E-state index contributed by atoms with van der Waals surface area (Å²) in [5.74, 6) is -2.70. The number of hydrogen-bond donors (Lipinski definition) is 2. The molecule has 0 radical (unpaired) electrons. The largest absolute Gasteiger partial charge is 0.480 e. The SMILES string of the molecule is CN(CC(=O)O)C(=O)c1ccc(F)c(NS(C)(=O)=O)c1. The molecule has 0 aromatic heterocycles. The van der Waals surface area contributed by atoms with Crippen molar-refractivity contribution in [3.8, 4) is 0 Å². The number of likely N-dealkylation sites (N-methyl/N-ethyl adjacent to an activating group) is 1. The van der Waals surface area contributed by atoms with Gasteiger partial charge in [0.15, 0.2) is 0 Å². The molecule has 0 bridgehead atoms. The van der Waals surface area contributed by atoms with Gasteiger partial charge in [0.1, 0.15) is 12.4 Å². The zero-order valence-corrected chi connectivity index (χ0v) is 11.6. The lowest BCUT2D eigenvalue weighted by atomic mass is 10.1. The Morgan fingerprint density at radius 3 is 2.50 bits per heavy atom. The normalized spacial score (nSPS) is 10.9. The van der Waals surface area contributed by atoms with Crippen LogP contribution in [0, 0.1) is 5.82 Å². The first-order chi connectivity index (χ1) is 9.10. The summed E-state index contributed by atoms with van der Waals surface area (Å²) in [6.07, 6.45) is 0.845. The average molecular weight is 304 g/mol. The van der Waals surface area contributed by atoms with Crippen LogP contribution >= 0.6 is 0 Å². The smallest absolute Gasteiger partial charge is 0.323 e. The molecule has 0 fully saturated rings. The molecular formula is C11H13FN2O5S. The average Bonchev–Trinajstić information content (AvgIpc) is 2.28. The van der Waals surface area contributed by atoms with Gasteiger partial charge in [0, 0.05) is 12.6 Å². The van der Waals surface area contributed by atoms with E-state index in [1.807, 2.05) is 4.72 Å². The number of sulfonamides is 1. The van der Waals surface area contributed by atoms with Crippen LogP contribution < -0.4 is 4.72 Å². The maximum atomic E-state index is 13.4. The second kappa shape index (κ2) is 5.87. The highest BCUT2D eigenvalue weighted by atomic mass is 32.2. The van der Waals surface area contributed by atoms with Crippen molar-refractivity contribution >= 4 is 27.6 Å². The van der Waals surface area contributed by atoms with Crippen LogP contribution in [0.3, 0.4) is 0 Å². The van der Waals surface area contributed by atoms with Gasteiger partial charge in [-0.1, -0.05) is 0 Å². The Morgan fingerprint density at radius 2 is 2.00 bits per heavy atom. The van der Waals surface area contributed by atoms with Crippen LogP contribution in [0.25, 0.3) is 0 Å². The number of aliphatic carboxylic acids is 1. The van der Waals surface area contributed by atoms with Crippen molar-refractivity contribution in [1.82, 2.24) is 4.90 Å². The number of nitrogens with one attached hydrogen (secondary N) is 1. The summed E-state index contributed by atoms with van der Waals surface area (Å²) in [5, 5.41) is 8.59. The molecule has 0 saturated carbocycles. The van der Waals surface area contributed by atoms with Crippen molar-refractivity contribution in [2.45, 2.75) is 0 Å². The zero-order valence-electron chi connectivity index (χ0n) is 10.8. The number of carboxylic acid groups (broad SMARTS) is 1. The van der Waals surface area contributed by atoms with E-state index in [0.29, 0.717) is 0 Å². The minimum absolute atomic E-state index is 0.0266. The summed E-state index contributed by atoms with van der Waals surface area (Å²) in [6, 6.07) is 3.08. The third kappa shape index (κ3) is 4.50. The fourth-order valence-corrected chi connectivity index (χ4v) is 1.99. The first-order valence-corrected chi connectivity index (χ1v) is 7.24. The molecule has 2 N–H and O–H groups in total. The predicted octanol–water partition coefficient (Wildman–Crippen LogP) is 0.354. The van der Waals surface area contributed by atoms with Crippen molar-refractivity contribution in [1.29, 1.82) is 0 Å². The zero-order chi connectivity index (χ0) is 15.5. The molecule has 0 aliphatic heterocycles. The Kier molecular flexibility index (Phi) is 4.66. The fourth-order valence-electron chi connectivity index (χ4n) is 1.43.